The predicted molar refractivity (Wildman–Crippen MR) is 103 cm³/mol. The number of benzene rings is 1. The number of methoxy groups -OCH3 is 1. The van der Waals surface area contributed by atoms with Gasteiger partial charge in [0.2, 0.25) is 0 Å². The summed E-state index contributed by atoms with van der Waals surface area (Å²) in [5, 5.41) is 10.4. The van der Waals surface area contributed by atoms with Crippen molar-refractivity contribution in [3.63, 3.8) is 0 Å². The molecule has 2 heterocycles. The molecule has 0 unspecified atom stereocenters. The normalized spacial score (nSPS) is 16.0. The Morgan fingerprint density at radius 1 is 1.38 bits per heavy atom. The van der Waals surface area contributed by atoms with Gasteiger partial charge in [-0.3, -0.25) is 10.1 Å². The van der Waals surface area contributed by atoms with Gasteiger partial charge in [-0.2, -0.15) is 5.10 Å². The molecule has 7 nitrogen and oxygen atoms in total. The summed E-state index contributed by atoms with van der Waals surface area (Å²) in [6, 6.07) is 6.38. The largest absolute Gasteiger partial charge is 0.496 e. The maximum Gasteiger partial charge on any atom is 0.193 e. The Kier molecular flexibility index (Phi) is 6.09. The third-order valence-electron chi connectivity index (χ3n) is 5.00. The second-order valence-corrected chi connectivity index (χ2v) is 6.66. The maximum absolute atomic E-state index is 5.41. The molecule has 1 aliphatic heterocycles. The number of aromatic amines is 1. The highest BCUT2D eigenvalue weighted by Gasteiger charge is 2.24. The van der Waals surface area contributed by atoms with Gasteiger partial charge in [0.05, 0.1) is 7.11 Å². The maximum atomic E-state index is 5.41. The predicted octanol–water partition coefficient (Wildman–Crippen LogP) is 2.12. The number of nitrogens with zero attached hydrogens (tertiary/aromatic N) is 4. The van der Waals surface area contributed by atoms with Gasteiger partial charge in [-0.05, 0) is 43.4 Å². The molecule has 1 fully saturated rings. The molecule has 7 heteroatoms. The fourth-order valence-corrected chi connectivity index (χ4v) is 3.45. The number of likely N-dealkylation sites (tertiary alicyclic amines) is 1. The molecule has 2 N–H and O–H groups in total. The highest BCUT2D eigenvalue weighted by molar-refractivity contribution is 5.80. The van der Waals surface area contributed by atoms with E-state index in [2.05, 4.69) is 55.5 Å². The number of rotatable bonds is 5. The number of guanidine groups is 1. The molecule has 0 saturated carbocycles. The van der Waals surface area contributed by atoms with Gasteiger partial charge < -0.3 is 15.0 Å². The van der Waals surface area contributed by atoms with Gasteiger partial charge >= 0.3 is 0 Å². The first-order valence-corrected chi connectivity index (χ1v) is 9.15. The van der Waals surface area contributed by atoms with Crippen molar-refractivity contribution in [2.45, 2.75) is 32.1 Å². The molecule has 3 rings (SSSR count). The van der Waals surface area contributed by atoms with Crippen LogP contribution in [0, 0.1) is 6.92 Å². The molecule has 140 valence electrons. The van der Waals surface area contributed by atoms with Crippen molar-refractivity contribution in [2.75, 3.05) is 33.8 Å². The molecule has 1 aromatic heterocycles. The van der Waals surface area contributed by atoms with Crippen LogP contribution in [-0.2, 0) is 6.42 Å². The monoisotopic (exact) mass is 356 g/mol. The van der Waals surface area contributed by atoms with Crippen molar-refractivity contribution in [3.8, 4) is 5.75 Å². The number of aliphatic imine (C=N–C) groups is 1. The average Bonchev–Trinajstić information content (AvgIpc) is 3.21. The van der Waals surface area contributed by atoms with Crippen LogP contribution in [0.4, 0.5) is 0 Å². The van der Waals surface area contributed by atoms with Gasteiger partial charge in [0, 0.05) is 32.6 Å². The van der Waals surface area contributed by atoms with Crippen LogP contribution in [0.1, 0.15) is 35.7 Å². The van der Waals surface area contributed by atoms with Gasteiger partial charge in [0.15, 0.2) is 5.96 Å². The van der Waals surface area contributed by atoms with Crippen molar-refractivity contribution >= 4 is 5.96 Å². The van der Waals surface area contributed by atoms with Gasteiger partial charge in [0.1, 0.15) is 17.9 Å². The van der Waals surface area contributed by atoms with E-state index in [1.54, 1.807) is 13.4 Å². The zero-order valence-electron chi connectivity index (χ0n) is 15.8. The Hall–Kier alpha value is -2.57. The van der Waals surface area contributed by atoms with Crippen LogP contribution in [0.15, 0.2) is 29.5 Å². The van der Waals surface area contributed by atoms with Crippen LogP contribution < -0.4 is 10.1 Å². The van der Waals surface area contributed by atoms with E-state index in [0.29, 0.717) is 5.92 Å². The number of ether oxygens (including phenoxy) is 1. The van der Waals surface area contributed by atoms with Crippen molar-refractivity contribution < 1.29 is 4.74 Å². The Labute approximate surface area is 154 Å². The second-order valence-electron chi connectivity index (χ2n) is 6.66. The third kappa shape index (κ3) is 4.33. The van der Waals surface area contributed by atoms with Crippen LogP contribution in [0.25, 0.3) is 0 Å². The Morgan fingerprint density at radius 3 is 2.85 bits per heavy atom. The fourth-order valence-electron chi connectivity index (χ4n) is 3.45. The standard InChI is InChI=1S/C19H28N6O/c1-14-4-5-15(12-17(14)26-3)6-9-21-19(20-2)25-10-7-16(8-11-25)18-22-13-23-24-18/h4-5,12-13,16H,6-11H2,1-3H3,(H,20,21)(H,22,23,24). The molecule has 26 heavy (non-hydrogen) atoms. The fraction of sp³-hybridized carbons (Fsp3) is 0.526. The van der Waals surface area contributed by atoms with E-state index in [4.69, 9.17) is 4.74 Å². The number of H-pyrrole nitrogens is 1. The molecule has 0 spiro atoms. The van der Waals surface area contributed by atoms with E-state index in [1.165, 1.54) is 5.56 Å². The summed E-state index contributed by atoms with van der Waals surface area (Å²) in [4.78, 5) is 11.1. The summed E-state index contributed by atoms with van der Waals surface area (Å²) in [6.45, 7) is 4.86. The van der Waals surface area contributed by atoms with Gasteiger partial charge in [-0.15, -0.1) is 0 Å². The molecule has 0 aliphatic carbocycles. The summed E-state index contributed by atoms with van der Waals surface area (Å²) in [5.41, 5.74) is 2.43. The molecule has 1 saturated heterocycles. The van der Waals surface area contributed by atoms with Gasteiger partial charge in [-0.25, -0.2) is 4.98 Å². The first-order chi connectivity index (χ1) is 12.7. The van der Waals surface area contributed by atoms with Gasteiger partial charge in [0.25, 0.3) is 0 Å². The van der Waals surface area contributed by atoms with Crippen molar-refractivity contribution in [1.29, 1.82) is 0 Å². The lowest BCUT2D eigenvalue weighted by Gasteiger charge is -2.33. The zero-order valence-corrected chi connectivity index (χ0v) is 15.8. The molecule has 0 bridgehead atoms. The number of hydrogen-bond acceptors (Lipinski definition) is 4. The average molecular weight is 356 g/mol. The van der Waals surface area contributed by atoms with E-state index >= 15 is 0 Å². The Bertz CT molecular complexity index is 720. The lowest BCUT2D eigenvalue weighted by molar-refractivity contribution is 0.299. The lowest BCUT2D eigenvalue weighted by Crippen LogP contribution is -2.45. The number of hydrogen-bond donors (Lipinski definition) is 2. The summed E-state index contributed by atoms with van der Waals surface area (Å²) in [5.74, 6) is 3.38. The number of aromatic nitrogens is 3. The molecule has 0 atom stereocenters. The summed E-state index contributed by atoms with van der Waals surface area (Å²) in [6.07, 6.45) is 4.64. The SMILES string of the molecule is CN=C(NCCc1ccc(C)c(OC)c1)N1CCC(c2ncn[nH]2)CC1. The third-order valence-corrected chi connectivity index (χ3v) is 5.00. The van der Waals surface area contributed by atoms with E-state index in [-0.39, 0.29) is 0 Å². The topological polar surface area (TPSA) is 78.4 Å². The van der Waals surface area contributed by atoms with E-state index < -0.39 is 0 Å². The molecular weight excluding hydrogens is 328 g/mol. The minimum absolute atomic E-state index is 0.465. The quantitative estimate of drug-likeness (QED) is 0.634. The molecule has 0 amide bonds. The van der Waals surface area contributed by atoms with E-state index in [9.17, 15) is 0 Å². The second kappa shape index (κ2) is 8.69. The van der Waals surface area contributed by atoms with Gasteiger partial charge in [-0.1, -0.05) is 12.1 Å². The van der Waals surface area contributed by atoms with Crippen LogP contribution in [0.5, 0.6) is 5.75 Å². The number of piperidine rings is 1. The first-order valence-electron chi connectivity index (χ1n) is 9.15. The minimum Gasteiger partial charge on any atom is -0.496 e. The number of nitrogens with one attached hydrogen (secondary N) is 2. The van der Waals surface area contributed by atoms with Crippen molar-refractivity contribution in [3.05, 3.63) is 41.5 Å². The summed E-state index contributed by atoms with van der Waals surface area (Å²) >= 11 is 0. The van der Waals surface area contributed by atoms with E-state index in [0.717, 1.165) is 62.0 Å². The number of aryl methyl sites for hydroxylation is 1. The highest BCUT2D eigenvalue weighted by atomic mass is 16.5. The van der Waals surface area contributed by atoms with Crippen molar-refractivity contribution in [2.24, 2.45) is 4.99 Å². The Morgan fingerprint density at radius 2 is 2.19 bits per heavy atom. The van der Waals surface area contributed by atoms with Crippen LogP contribution in [-0.4, -0.2) is 59.8 Å². The van der Waals surface area contributed by atoms with E-state index in [1.807, 2.05) is 7.05 Å². The minimum atomic E-state index is 0.465. The van der Waals surface area contributed by atoms with Crippen LogP contribution in [0.3, 0.4) is 0 Å². The smallest absolute Gasteiger partial charge is 0.193 e. The molecule has 0 radical (unpaired) electrons. The highest BCUT2D eigenvalue weighted by Crippen LogP contribution is 2.25. The molecule has 2 aromatic rings. The lowest BCUT2D eigenvalue weighted by atomic mass is 9.96. The molecule has 1 aliphatic rings. The Balaban J connectivity index is 1.48. The van der Waals surface area contributed by atoms with Crippen LogP contribution in [0.2, 0.25) is 0 Å². The van der Waals surface area contributed by atoms with Crippen LogP contribution >= 0.6 is 0 Å². The zero-order chi connectivity index (χ0) is 18.4. The summed E-state index contributed by atoms with van der Waals surface area (Å²) < 4.78 is 5.41. The molecular formula is C19H28N6O. The summed E-state index contributed by atoms with van der Waals surface area (Å²) in [7, 11) is 3.56. The first kappa shape index (κ1) is 18.2. The van der Waals surface area contributed by atoms with Crippen molar-refractivity contribution in [1.82, 2.24) is 25.4 Å². The molecule has 1 aromatic carbocycles.